The first-order chi connectivity index (χ1) is 9.16. The van der Waals surface area contributed by atoms with E-state index in [9.17, 15) is 9.90 Å². The fourth-order valence-corrected chi connectivity index (χ4v) is 2.74. The summed E-state index contributed by atoms with van der Waals surface area (Å²) in [6.07, 6.45) is 7.23. The van der Waals surface area contributed by atoms with Gasteiger partial charge in [-0.3, -0.25) is 0 Å². The molecule has 5 heteroatoms. The third kappa shape index (κ3) is 2.13. The van der Waals surface area contributed by atoms with Crippen LogP contribution in [-0.4, -0.2) is 27.0 Å². The predicted molar refractivity (Wildman–Crippen MR) is 70.3 cm³/mol. The molecule has 2 heterocycles. The molecule has 0 bridgehead atoms. The average molecular weight is 262 g/mol. The van der Waals surface area contributed by atoms with Crippen molar-refractivity contribution in [3.05, 3.63) is 17.3 Å². The summed E-state index contributed by atoms with van der Waals surface area (Å²) in [4.78, 5) is 11.5. The number of aryl methyl sites for hydroxylation is 1. The van der Waals surface area contributed by atoms with Crippen LogP contribution in [0, 0.1) is 0 Å². The van der Waals surface area contributed by atoms with E-state index < -0.39 is 5.97 Å². The van der Waals surface area contributed by atoms with Gasteiger partial charge in [0.1, 0.15) is 11.3 Å². The largest absolute Gasteiger partial charge is 0.477 e. The van der Waals surface area contributed by atoms with Crippen molar-refractivity contribution in [2.75, 3.05) is 0 Å². The van der Waals surface area contributed by atoms with Crippen LogP contribution in [0.3, 0.4) is 0 Å². The van der Waals surface area contributed by atoms with Crippen molar-refractivity contribution in [2.45, 2.75) is 51.7 Å². The molecule has 0 amide bonds. The van der Waals surface area contributed by atoms with Crippen molar-refractivity contribution in [2.24, 2.45) is 0 Å². The lowest BCUT2D eigenvalue weighted by Crippen LogP contribution is -2.24. The van der Waals surface area contributed by atoms with Crippen LogP contribution in [0.4, 0.5) is 0 Å². The van der Waals surface area contributed by atoms with E-state index in [1.165, 1.54) is 6.42 Å². The number of nitrogens with zero attached hydrogens (tertiary/aromatic N) is 2. The number of aromatic carboxylic acids is 1. The maximum atomic E-state index is 11.5. The van der Waals surface area contributed by atoms with Crippen LogP contribution in [0.1, 0.15) is 55.1 Å². The van der Waals surface area contributed by atoms with Crippen molar-refractivity contribution in [3.63, 3.8) is 0 Å². The van der Waals surface area contributed by atoms with Crippen LogP contribution >= 0.6 is 0 Å². The first kappa shape index (κ1) is 12.3. The highest BCUT2D eigenvalue weighted by Gasteiger charge is 2.30. The Morgan fingerprint density at radius 3 is 3.05 bits per heavy atom. The van der Waals surface area contributed by atoms with Crippen molar-refractivity contribution < 1.29 is 14.6 Å². The maximum Gasteiger partial charge on any atom is 0.343 e. The molecule has 1 aliphatic heterocycles. The number of ether oxygens (including phenoxy) is 1. The fraction of sp³-hybridized carbons (Fsp3) is 0.571. The Kier molecular flexibility index (Phi) is 3.05. The number of allylic oxidation sites excluding steroid dienone is 2. The molecule has 0 aromatic carbocycles. The van der Waals surface area contributed by atoms with Crippen LogP contribution in [-0.2, 0) is 6.54 Å². The smallest absolute Gasteiger partial charge is 0.343 e. The average Bonchev–Trinajstić information content (AvgIpc) is 2.78. The number of carboxylic acid groups (broad SMARTS) is 1. The molecule has 1 aliphatic carbocycles. The van der Waals surface area contributed by atoms with Crippen molar-refractivity contribution in [1.29, 1.82) is 0 Å². The number of carboxylic acids is 1. The summed E-state index contributed by atoms with van der Waals surface area (Å²) in [5, 5.41) is 13.9. The molecule has 1 aromatic rings. The van der Waals surface area contributed by atoms with E-state index in [1.54, 1.807) is 4.68 Å². The van der Waals surface area contributed by atoms with Crippen LogP contribution in [0.5, 0.6) is 5.88 Å². The van der Waals surface area contributed by atoms with Crippen molar-refractivity contribution in [1.82, 2.24) is 9.78 Å². The Balaban J connectivity index is 2.09. The molecule has 1 aromatic heterocycles. The molecule has 0 saturated carbocycles. The summed E-state index contributed by atoms with van der Waals surface area (Å²) in [6, 6.07) is 0. The number of aromatic nitrogens is 2. The third-order valence-corrected chi connectivity index (χ3v) is 3.78. The molecule has 0 fully saturated rings. The highest BCUT2D eigenvalue weighted by Crippen LogP contribution is 2.35. The molecule has 1 N–H and O–H groups in total. The standard InChI is InChI=1S/C14H18N2O3/c1-9-7-8-16-13(19-9)11(14(17)18)12(15-16)10-5-3-2-4-6-10/h5,9H,2-4,6-8H2,1H3,(H,17,18)/t9-/m1/s1. The molecule has 0 saturated heterocycles. The summed E-state index contributed by atoms with van der Waals surface area (Å²) in [5.74, 6) is -0.524. The zero-order valence-electron chi connectivity index (χ0n) is 11.1. The molecule has 5 nitrogen and oxygen atoms in total. The van der Waals surface area contributed by atoms with Gasteiger partial charge in [-0.05, 0) is 38.2 Å². The zero-order chi connectivity index (χ0) is 13.4. The monoisotopic (exact) mass is 262 g/mol. The van der Waals surface area contributed by atoms with Crippen molar-refractivity contribution >= 4 is 11.5 Å². The normalized spacial score (nSPS) is 22.4. The summed E-state index contributed by atoms with van der Waals surface area (Å²) >= 11 is 0. The van der Waals surface area contributed by atoms with Gasteiger partial charge in [0, 0.05) is 13.0 Å². The molecular weight excluding hydrogens is 244 g/mol. The van der Waals surface area contributed by atoms with Gasteiger partial charge in [0.15, 0.2) is 0 Å². The highest BCUT2D eigenvalue weighted by molar-refractivity contribution is 5.96. The van der Waals surface area contributed by atoms with Gasteiger partial charge >= 0.3 is 5.97 Å². The Bertz CT molecular complexity index is 545. The minimum absolute atomic E-state index is 0.0514. The summed E-state index contributed by atoms with van der Waals surface area (Å²) in [7, 11) is 0. The van der Waals surface area contributed by atoms with Gasteiger partial charge in [0.2, 0.25) is 5.88 Å². The van der Waals surface area contributed by atoms with Crippen LogP contribution < -0.4 is 4.74 Å². The Morgan fingerprint density at radius 1 is 1.53 bits per heavy atom. The van der Waals surface area contributed by atoms with E-state index in [4.69, 9.17) is 4.74 Å². The van der Waals surface area contributed by atoms with E-state index in [1.807, 2.05) is 6.92 Å². The first-order valence-corrected chi connectivity index (χ1v) is 6.87. The number of rotatable bonds is 2. The second-order valence-electron chi connectivity index (χ2n) is 5.25. The third-order valence-electron chi connectivity index (χ3n) is 3.78. The van der Waals surface area contributed by atoms with E-state index in [-0.39, 0.29) is 11.7 Å². The topological polar surface area (TPSA) is 64.4 Å². The highest BCUT2D eigenvalue weighted by atomic mass is 16.5. The molecule has 0 unspecified atom stereocenters. The van der Waals surface area contributed by atoms with Crippen LogP contribution in [0.25, 0.3) is 5.57 Å². The maximum absolute atomic E-state index is 11.5. The summed E-state index contributed by atoms with van der Waals surface area (Å²) < 4.78 is 7.39. The Morgan fingerprint density at radius 2 is 2.37 bits per heavy atom. The molecule has 19 heavy (non-hydrogen) atoms. The Hall–Kier alpha value is -1.78. The zero-order valence-corrected chi connectivity index (χ0v) is 11.1. The number of hydrogen-bond donors (Lipinski definition) is 1. The lowest BCUT2D eigenvalue weighted by molar-refractivity contribution is 0.0683. The molecule has 2 aliphatic rings. The van der Waals surface area contributed by atoms with Gasteiger partial charge in [-0.1, -0.05) is 6.08 Å². The SMILES string of the molecule is C[C@@H]1CCn2nc(C3=CCCCC3)c(C(=O)O)c2O1. The minimum atomic E-state index is -0.947. The van der Waals surface area contributed by atoms with Gasteiger partial charge in [0.05, 0.1) is 6.10 Å². The molecule has 1 atom stereocenters. The summed E-state index contributed by atoms with van der Waals surface area (Å²) in [5.41, 5.74) is 1.90. The van der Waals surface area contributed by atoms with E-state index >= 15 is 0 Å². The lowest BCUT2D eigenvalue weighted by Gasteiger charge is -2.21. The number of carbonyl (C=O) groups is 1. The summed E-state index contributed by atoms with van der Waals surface area (Å²) in [6.45, 7) is 2.69. The van der Waals surface area contributed by atoms with Gasteiger partial charge in [0.25, 0.3) is 0 Å². The fourth-order valence-electron chi connectivity index (χ4n) is 2.74. The molecular formula is C14H18N2O3. The van der Waals surface area contributed by atoms with Gasteiger partial charge < -0.3 is 9.84 Å². The van der Waals surface area contributed by atoms with Crippen molar-refractivity contribution in [3.8, 4) is 5.88 Å². The Labute approximate surface area is 111 Å². The first-order valence-electron chi connectivity index (χ1n) is 6.87. The molecule has 102 valence electrons. The number of hydrogen-bond acceptors (Lipinski definition) is 3. The van der Waals surface area contributed by atoms with Gasteiger partial charge in [-0.25, -0.2) is 9.48 Å². The predicted octanol–water partition coefficient (Wildman–Crippen LogP) is 2.71. The van der Waals surface area contributed by atoms with Crippen LogP contribution in [0.15, 0.2) is 6.08 Å². The minimum Gasteiger partial charge on any atom is -0.477 e. The van der Waals surface area contributed by atoms with Crippen LogP contribution in [0.2, 0.25) is 0 Å². The van der Waals surface area contributed by atoms with Gasteiger partial charge in [-0.15, -0.1) is 0 Å². The molecule has 0 radical (unpaired) electrons. The van der Waals surface area contributed by atoms with E-state index in [0.29, 0.717) is 11.6 Å². The van der Waals surface area contributed by atoms with Gasteiger partial charge in [-0.2, -0.15) is 5.10 Å². The molecule has 3 rings (SSSR count). The quantitative estimate of drug-likeness (QED) is 0.890. The van der Waals surface area contributed by atoms with E-state index in [0.717, 1.165) is 37.8 Å². The second-order valence-corrected chi connectivity index (χ2v) is 5.25. The van der Waals surface area contributed by atoms with E-state index in [2.05, 4.69) is 11.2 Å². The molecule has 0 spiro atoms. The number of fused-ring (bicyclic) bond motifs is 1. The second kappa shape index (κ2) is 4.72. The lowest BCUT2D eigenvalue weighted by atomic mass is 9.95.